The summed E-state index contributed by atoms with van der Waals surface area (Å²) in [6, 6.07) is 7.42. The van der Waals surface area contributed by atoms with E-state index in [9.17, 15) is 14.7 Å². The van der Waals surface area contributed by atoms with Crippen molar-refractivity contribution in [2.75, 3.05) is 24.6 Å². The molecule has 1 aromatic carbocycles. The molecule has 0 aromatic heterocycles. The molecule has 1 fully saturated rings. The van der Waals surface area contributed by atoms with Crippen molar-refractivity contribution in [3.63, 3.8) is 0 Å². The van der Waals surface area contributed by atoms with Crippen molar-refractivity contribution in [2.24, 2.45) is 0 Å². The minimum atomic E-state index is -1.05. The van der Waals surface area contributed by atoms with E-state index >= 15 is 0 Å². The molecule has 0 saturated carbocycles. The molecule has 6 heteroatoms. The minimum Gasteiger partial charge on any atom is -0.479 e. The van der Waals surface area contributed by atoms with E-state index in [1.165, 1.54) is 0 Å². The van der Waals surface area contributed by atoms with Crippen LogP contribution in [0.5, 0.6) is 0 Å². The van der Waals surface area contributed by atoms with Gasteiger partial charge in [0.2, 0.25) is 0 Å². The number of nitrogens with one attached hydrogen (secondary N) is 1. The van der Waals surface area contributed by atoms with Crippen molar-refractivity contribution in [2.45, 2.75) is 6.04 Å². The van der Waals surface area contributed by atoms with Crippen molar-refractivity contribution < 1.29 is 14.7 Å². The van der Waals surface area contributed by atoms with Crippen LogP contribution in [0, 0.1) is 0 Å². The Bertz CT molecular complexity index is 446. The summed E-state index contributed by atoms with van der Waals surface area (Å²) in [5, 5.41) is 11.8. The lowest BCUT2D eigenvalue weighted by atomic mass is 10.1. The lowest BCUT2D eigenvalue weighted by Gasteiger charge is -2.28. The lowest BCUT2D eigenvalue weighted by molar-refractivity contribution is -0.139. The number of hydrogen-bond donors (Lipinski definition) is 2. The summed E-state index contributed by atoms with van der Waals surface area (Å²) in [6.07, 6.45) is 0. The molecule has 0 unspecified atom stereocenters. The van der Waals surface area contributed by atoms with Gasteiger partial charge < -0.3 is 15.3 Å². The fraction of sp³-hybridized carbons (Fsp3) is 0.385. The minimum absolute atomic E-state index is 0.309. The number of carbonyl (C=O) groups excluding carboxylic acids is 1. The Morgan fingerprint density at radius 2 is 1.84 bits per heavy atom. The molecule has 1 aromatic rings. The predicted molar refractivity (Wildman–Crippen MR) is 74.2 cm³/mol. The summed E-state index contributed by atoms with van der Waals surface area (Å²) in [5.74, 6) is 0.749. The van der Waals surface area contributed by atoms with Crippen LogP contribution in [-0.4, -0.2) is 46.6 Å². The Labute approximate surface area is 116 Å². The Balaban J connectivity index is 2.04. The average molecular weight is 280 g/mol. The highest BCUT2D eigenvalue weighted by molar-refractivity contribution is 7.99. The van der Waals surface area contributed by atoms with Crippen LogP contribution < -0.4 is 5.32 Å². The average Bonchev–Trinajstić information content (AvgIpc) is 2.46. The number of carbonyl (C=O) groups is 2. The highest BCUT2D eigenvalue weighted by atomic mass is 32.2. The third-order valence-electron chi connectivity index (χ3n) is 2.95. The summed E-state index contributed by atoms with van der Waals surface area (Å²) in [7, 11) is 0. The number of carboxylic acids is 1. The second-order valence-corrected chi connectivity index (χ2v) is 5.46. The molecule has 1 heterocycles. The monoisotopic (exact) mass is 280 g/mol. The molecule has 0 aliphatic carbocycles. The molecular weight excluding hydrogens is 264 g/mol. The fourth-order valence-electron chi connectivity index (χ4n) is 1.91. The van der Waals surface area contributed by atoms with Gasteiger partial charge in [0.1, 0.15) is 0 Å². The number of aliphatic carboxylic acids is 1. The molecule has 5 nitrogen and oxygen atoms in total. The molecule has 19 heavy (non-hydrogen) atoms. The van der Waals surface area contributed by atoms with E-state index in [2.05, 4.69) is 5.32 Å². The largest absolute Gasteiger partial charge is 0.479 e. The molecule has 0 bridgehead atoms. The maximum atomic E-state index is 12.0. The molecule has 1 aliphatic rings. The van der Waals surface area contributed by atoms with E-state index < -0.39 is 12.0 Å². The molecule has 1 saturated heterocycles. The van der Waals surface area contributed by atoms with E-state index in [1.54, 1.807) is 40.9 Å². The predicted octanol–water partition coefficient (Wildman–Crippen LogP) is 1.57. The first-order valence-electron chi connectivity index (χ1n) is 6.09. The first-order valence-corrected chi connectivity index (χ1v) is 7.25. The number of urea groups is 1. The van der Waals surface area contributed by atoms with Crippen molar-refractivity contribution in [1.29, 1.82) is 0 Å². The van der Waals surface area contributed by atoms with Gasteiger partial charge in [0, 0.05) is 24.6 Å². The number of benzene rings is 1. The zero-order chi connectivity index (χ0) is 13.7. The summed E-state index contributed by atoms with van der Waals surface area (Å²) < 4.78 is 0. The standard InChI is InChI=1S/C13H16N2O3S/c16-12(17)11(10-4-2-1-3-5-10)14-13(18)15-6-8-19-9-7-15/h1-5,11H,6-9H2,(H,14,18)(H,16,17)/t11-/m1/s1. The summed E-state index contributed by atoms with van der Waals surface area (Å²) in [5.41, 5.74) is 0.578. The zero-order valence-corrected chi connectivity index (χ0v) is 11.2. The third-order valence-corrected chi connectivity index (χ3v) is 3.89. The molecule has 102 valence electrons. The van der Waals surface area contributed by atoms with Crippen molar-refractivity contribution in [3.05, 3.63) is 35.9 Å². The second kappa shape index (κ2) is 6.47. The number of nitrogens with zero attached hydrogens (tertiary/aromatic N) is 1. The van der Waals surface area contributed by atoms with Gasteiger partial charge in [-0.2, -0.15) is 11.8 Å². The Hall–Kier alpha value is -1.69. The van der Waals surface area contributed by atoms with E-state index in [0.717, 1.165) is 11.5 Å². The van der Waals surface area contributed by atoms with Crippen LogP contribution in [0.2, 0.25) is 0 Å². The van der Waals surface area contributed by atoms with Crippen LogP contribution in [0.1, 0.15) is 11.6 Å². The van der Waals surface area contributed by atoms with Crippen LogP contribution in [0.15, 0.2) is 30.3 Å². The maximum absolute atomic E-state index is 12.0. The van der Waals surface area contributed by atoms with Crippen LogP contribution in [-0.2, 0) is 4.79 Å². The smallest absolute Gasteiger partial charge is 0.330 e. The van der Waals surface area contributed by atoms with Gasteiger partial charge in [0.15, 0.2) is 6.04 Å². The molecule has 2 amide bonds. The van der Waals surface area contributed by atoms with E-state index in [0.29, 0.717) is 18.7 Å². The SMILES string of the molecule is O=C(O)[C@H](NC(=O)N1CCSCC1)c1ccccc1. The van der Waals surface area contributed by atoms with Gasteiger partial charge in [0.25, 0.3) is 0 Å². The van der Waals surface area contributed by atoms with Gasteiger partial charge in [-0.1, -0.05) is 30.3 Å². The number of rotatable bonds is 3. The topological polar surface area (TPSA) is 69.6 Å². The van der Waals surface area contributed by atoms with Gasteiger partial charge in [-0.25, -0.2) is 9.59 Å². The first kappa shape index (κ1) is 13.7. The fourth-order valence-corrected chi connectivity index (χ4v) is 2.82. The zero-order valence-electron chi connectivity index (χ0n) is 10.4. The number of thioether (sulfide) groups is 1. The van der Waals surface area contributed by atoms with Gasteiger partial charge in [-0.05, 0) is 5.56 Å². The van der Waals surface area contributed by atoms with Crippen LogP contribution in [0.3, 0.4) is 0 Å². The number of carboxylic acid groups (broad SMARTS) is 1. The van der Waals surface area contributed by atoms with E-state index in [1.807, 2.05) is 6.07 Å². The summed E-state index contributed by atoms with van der Waals surface area (Å²) in [6.45, 7) is 1.33. The number of hydrogen-bond acceptors (Lipinski definition) is 3. The van der Waals surface area contributed by atoms with Crippen LogP contribution in [0.4, 0.5) is 4.79 Å². The van der Waals surface area contributed by atoms with Crippen molar-refractivity contribution >= 4 is 23.8 Å². The first-order chi connectivity index (χ1) is 9.18. The Morgan fingerprint density at radius 1 is 1.21 bits per heavy atom. The molecule has 2 rings (SSSR count). The van der Waals surface area contributed by atoms with Gasteiger partial charge >= 0.3 is 12.0 Å². The quantitative estimate of drug-likeness (QED) is 0.882. The van der Waals surface area contributed by atoms with Gasteiger partial charge in [-0.3, -0.25) is 0 Å². The van der Waals surface area contributed by atoms with Crippen LogP contribution >= 0.6 is 11.8 Å². The third kappa shape index (κ3) is 3.64. The summed E-state index contributed by atoms with van der Waals surface area (Å²) in [4.78, 5) is 25.0. The van der Waals surface area contributed by atoms with Gasteiger partial charge in [0.05, 0.1) is 0 Å². The molecule has 0 spiro atoms. The molecule has 2 N–H and O–H groups in total. The van der Waals surface area contributed by atoms with Crippen molar-refractivity contribution in [1.82, 2.24) is 10.2 Å². The molecule has 0 radical (unpaired) electrons. The lowest BCUT2D eigenvalue weighted by Crippen LogP contribution is -2.46. The van der Waals surface area contributed by atoms with E-state index in [4.69, 9.17) is 0 Å². The van der Waals surface area contributed by atoms with Crippen molar-refractivity contribution in [3.8, 4) is 0 Å². The van der Waals surface area contributed by atoms with E-state index in [-0.39, 0.29) is 6.03 Å². The molecule has 1 aliphatic heterocycles. The number of amides is 2. The second-order valence-electron chi connectivity index (χ2n) is 4.23. The van der Waals surface area contributed by atoms with Gasteiger partial charge in [-0.15, -0.1) is 0 Å². The molecular formula is C13H16N2O3S. The van der Waals surface area contributed by atoms with Crippen LogP contribution in [0.25, 0.3) is 0 Å². The highest BCUT2D eigenvalue weighted by Crippen LogP contribution is 2.15. The Morgan fingerprint density at radius 3 is 2.42 bits per heavy atom. The summed E-state index contributed by atoms with van der Waals surface area (Å²) >= 11 is 1.80. The highest BCUT2D eigenvalue weighted by Gasteiger charge is 2.25. The Kier molecular flexibility index (Phi) is 4.68. The maximum Gasteiger partial charge on any atom is 0.330 e. The molecule has 1 atom stereocenters. The normalized spacial score (nSPS) is 16.7.